The van der Waals surface area contributed by atoms with Crippen LogP contribution >= 0.6 is 11.6 Å². The third kappa shape index (κ3) is 6.34. The molecule has 0 spiro atoms. The number of halogens is 3. The van der Waals surface area contributed by atoms with Gasteiger partial charge in [0.25, 0.3) is 11.8 Å². The number of ketones is 1. The number of nitrogens with zero attached hydrogens (tertiary/aromatic N) is 4. The number of piperidine rings is 1. The molecule has 206 valence electrons. The van der Waals surface area contributed by atoms with Gasteiger partial charge in [0.05, 0.1) is 24.3 Å². The van der Waals surface area contributed by atoms with E-state index in [0.717, 1.165) is 12.8 Å². The summed E-state index contributed by atoms with van der Waals surface area (Å²) in [5.74, 6) is -2.28. The topological polar surface area (TPSA) is 86.6 Å². The predicted octanol–water partition coefficient (Wildman–Crippen LogP) is 4.51. The van der Waals surface area contributed by atoms with Crippen molar-refractivity contribution in [2.24, 2.45) is 5.92 Å². The highest BCUT2D eigenvalue weighted by molar-refractivity contribution is 6.30. The number of hydrogen-bond donors (Lipinski definition) is 0. The number of rotatable bonds is 7. The van der Waals surface area contributed by atoms with E-state index in [2.05, 4.69) is 10.1 Å². The van der Waals surface area contributed by atoms with Crippen molar-refractivity contribution in [3.63, 3.8) is 0 Å². The predicted molar refractivity (Wildman–Crippen MR) is 136 cm³/mol. The number of Topliss-reactive ketones (excluding diaryl/α,β-unsaturated/α-hetero) is 1. The van der Waals surface area contributed by atoms with E-state index in [1.165, 1.54) is 6.20 Å². The lowest BCUT2D eigenvalue weighted by Crippen LogP contribution is -2.39. The lowest BCUT2D eigenvalue weighted by atomic mass is 9.90. The maximum Gasteiger partial charge on any atom is 0.274 e. The number of ether oxygens (including phenoxy) is 2. The zero-order valence-corrected chi connectivity index (χ0v) is 22.3. The Morgan fingerprint density at radius 3 is 2.74 bits per heavy atom. The molecule has 0 saturated carbocycles. The number of carbonyl (C=O) groups excluding carboxylic acids is 2. The Hall–Kier alpha value is -2.59. The molecule has 1 amide bonds. The molecule has 5 rings (SSSR count). The van der Waals surface area contributed by atoms with Crippen molar-refractivity contribution in [1.29, 1.82) is 0 Å². The summed E-state index contributed by atoms with van der Waals surface area (Å²) in [5.41, 5.74) is 1.17. The van der Waals surface area contributed by atoms with Crippen LogP contribution in [0.2, 0.25) is 5.02 Å². The summed E-state index contributed by atoms with van der Waals surface area (Å²) in [5, 5.41) is 5.13. The normalized spacial score (nSPS) is 23.6. The van der Waals surface area contributed by atoms with Crippen LogP contribution in [0.3, 0.4) is 0 Å². The molecule has 0 N–H and O–H groups in total. The maximum absolute atomic E-state index is 14.4. The van der Waals surface area contributed by atoms with Crippen molar-refractivity contribution in [3.05, 3.63) is 40.3 Å². The summed E-state index contributed by atoms with van der Waals surface area (Å²) in [6.45, 7) is 3.42. The van der Waals surface area contributed by atoms with E-state index < -0.39 is 12.3 Å². The van der Waals surface area contributed by atoms with E-state index in [0.29, 0.717) is 67.7 Å². The Morgan fingerprint density at radius 2 is 2.03 bits per heavy atom. The number of likely N-dealkylation sites (tertiary alicyclic amines) is 1. The van der Waals surface area contributed by atoms with Gasteiger partial charge in [-0.05, 0) is 38.2 Å². The van der Waals surface area contributed by atoms with Crippen molar-refractivity contribution >= 4 is 23.3 Å². The molecule has 0 unspecified atom stereocenters. The van der Waals surface area contributed by atoms with E-state index in [-0.39, 0.29) is 48.4 Å². The third-order valence-corrected chi connectivity index (χ3v) is 7.92. The van der Waals surface area contributed by atoms with Crippen LogP contribution in [0, 0.1) is 5.92 Å². The Bertz CT molecular complexity index is 1160. The van der Waals surface area contributed by atoms with Crippen LogP contribution in [0.4, 0.5) is 8.78 Å². The second kappa shape index (κ2) is 11.3. The minimum Gasteiger partial charge on any atom is -0.474 e. The highest BCUT2D eigenvalue weighted by Gasteiger charge is 2.41. The third-order valence-electron chi connectivity index (χ3n) is 7.69. The zero-order valence-electron chi connectivity index (χ0n) is 21.5. The van der Waals surface area contributed by atoms with Gasteiger partial charge in [-0.15, -0.1) is 0 Å². The average molecular weight is 551 g/mol. The summed E-state index contributed by atoms with van der Waals surface area (Å²) in [7, 11) is 0. The monoisotopic (exact) mass is 550 g/mol. The SMILES string of the molecule is CC(=O)CC1CCN(C(=O)c2nn(C[C@H]3C[C@H](Oc4ccc(Cl)cn4)CCO3)c3c2CC(F)(F)CC3)CC1. The van der Waals surface area contributed by atoms with Gasteiger partial charge in [0.1, 0.15) is 11.9 Å². The average Bonchev–Trinajstić information content (AvgIpc) is 3.21. The van der Waals surface area contributed by atoms with E-state index in [1.807, 2.05) is 0 Å². The van der Waals surface area contributed by atoms with Crippen LogP contribution < -0.4 is 4.74 Å². The minimum absolute atomic E-state index is 0.115. The maximum atomic E-state index is 14.4. The molecule has 0 radical (unpaired) electrons. The molecule has 2 fully saturated rings. The summed E-state index contributed by atoms with van der Waals surface area (Å²) < 4.78 is 42.6. The van der Waals surface area contributed by atoms with Gasteiger partial charge in [-0.2, -0.15) is 5.10 Å². The number of hydrogen-bond acceptors (Lipinski definition) is 6. The first-order chi connectivity index (χ1) is 18.2. The number of carbonyl (C=O) groups is 2. The minimum atomic E-state index is -2.86. The van der Waals surface area contributed by atoms with Gasteiger partial charge in [-0.1, -0.05) is 11.6 Å². The summed E-state index contributed by atoms with van der Waals surface area (Å²) in [6, 6.07) is 3.44. The van der Waals surface area contributed by atoms with Gasteiger partial charge in [-0.25, -0.2) is 13.8 Å². The fraction of sp³-hybridized carbons (Fsp3) is 0.630. The second-order valence-electron chi connectivity index (χ2n) is 10.7. The molecule has 2 saturated heterocycles. The van der Waals surface area contributed by atoms with Crippen LogP contribution in [-0.4, -0.2) is 69.2 Å². The van der Waals surface area contributed by atoms with Crippen LogP contribution in [0.5, 0.6) is 5.88 Å². The molecule has 3 aliphatic rings. The van der Waals surface area contributed by atoms with Gasteiger partial charge in [-0.3, -0.25) is 9.48 Å². The first-order valence-electron chi connectivity index (χ1n) is 13.3. The quantitative estimate of drug-likeness (QED) is 0.504. The largest absolute Gasteiger partial charge is 0.474 e. The van der Waals surface area contributed by atoms with E-state index >= 15 is 0 Å². The fourth-order valence-electron chi connectivity index (χ4n) is 5.74. The van der Waals surface area contributed by atoms with Gasteiger partial charge in [0, 0.05) is 68.7 Å². The lowest BCUT2D eigenvalue weighted by Gasteiger charge is -2.31. The molecule has 2 aromatic rings. The van der Waals surface area contributed by atoms with Crippen molar-refractivity contribution < 1.29 is 27.8 Å². The number of fused-ring (bicyclic) bond motifs is 1. The van der Waals surface area contributed by atoms with E-state index in [9.17, 15) is 18.4 Å². The molecule has 38 heavy (non-hydrogen) atoms. The molecule has 0 aromatic carbocycles. The Kier molecular flexibility index (Phi) is 8.00. The van der Waals surface area contributed by atoms with Crippen molar-refractivity contribution in [2.75, 3.05) is 19.7 Å². The number of amides is 1. The molecule has 11 heteroatoms. The molecule has 4 heterocycles. The van der Waals surface area contributed by atoms with Crippen LogP contribution in [0.25, 0.3) is 0 Å². The summed E-state index contributed by atoms with van der Waals surface area (Å²) in [4.78, 5) is 30.8. The fourth-order valence-corrected chi connectivity index (χ4v) is 5.85. The lowest BCUT2D eigenvalue weighted by molar-refractivity contribution is -0.118. The van der Waals surface area contributed by atoms with Crippen LogP contribution in [-0.2, 0) is 28.9 Å². The van der Waals surface area contributed by atoms with E-state index in [4.69, 9.17) is 21.1 Å². The number of alkyl halides is 2. The van der Waals surface area contributed by atoms with Crippen molar-refractivity contribution in [2.45, 2.75) is 83.0 Å². The summed E-state index contributed by atoms with van der Waals surface area (Å²) >= 11 is 5.91. The van der Waals surface area contributed by atoms with Crippen molar-refractivity contribution in [3.8, 4) is 5.88 Å². The first kappa shape index (κ1) is 27.0. The van der Waals surface area contributed by atoms with Gasteiger partial charge >= 0.3 is 0 Å². The van der Waals surface area contributed by atoms with Crippen LogP contribution in [0.15, 0.2) is 18.3 Å². The Morgan fingerprint density at radius 1 is 1.24 bits per heavy atom. The number of aromatic nitrogens is 3. The Balaban J connectivity index is 1.30. The van der Waals surface area contributed by atoms with Gasteiger partial charge < -0.3 is 19.2 Å². The van der Waals surface area contributed by atoms with Crippen LogP contribution in [0.1, 0.15) is 67.2 Å². The highest BCUT2D eigenvalue weighted by atomic mass is 35.5. The molecular weight excluding hydrogens is 518 g/mol. The molecule has 1 aliphatic carbocycles. The van der Waals surface area contributed by atoms with Gasteiger partial charge in [0.2, 0.25) is 5.88 Å². The second-order valence-corrected chi connectivity index (χ2v) is 11.1. The summed E-state index contributed by atoms with van der Waals surface area (Å²) in [6.07, 6.45) is 3.84. The molecule has 2 aliphatic heterocycles. The molecule has 0 bridgehead atoms. The van der Waals surface area contributed by atoms with Crippen molar-refractivity contribution in [1.82, 2.24) is 19.7 Å². The molecule has 2 aromatic heterocycles. The molecular formula is C27H33ClF2N4O4. The molecule has 2 atom stereocenters. The highest BCUT2D eigenvalue weighted by Crippen LogP contribution is 2.36. The van der Waals surface area contributed by atoms with Gasteiger partial charge in [0.15, 0.2) is 5.69 Å². The molecule has 8 nitrogen and oxygen atoms in total. The standard InChI is InChI=1S/C27H33ClF2N4O4/c1-17(35)12-18-5-9-33(10-6-18)26(36)25-22-14-27(29,30)8-4-23(22)34(32-25)16-21-13-20(7-11-37-21)38-24-3-2-19(28)15-31-24/h2-3,15,18,20-21H,4-14,16H2,1H3/t20-,21-/m1/s1. The zero-order chi connectivity index (χ0) is 26.9. The smallest absolute Gasteiger partial charge is 0.274 e. The number of pyridine rings is 1. The first-order valence-corrected chi connectivity index (χ1v) is 13.7. The van der Waals surface area contributed by atoms with E-state index in [1.54, 1.807) is 28.6 Å². The Labute approximate surface area is 225 Å².